The Morgan fingerprint density at radius 2 is 1.77 bits per heavy atom. The number of carbonyl (C=O) groups is 1. The SMILES string of the molecule is CCN(CC)C(=O)c1ccc2c(=O)n(-c3ccc(OC)cc3)c(SCc3cccc(C)c3)nc2c1. The molecule has 0 bridgehead atoms. The molecule has 0 unspecified atom stereocenters. The summed E-state index contributed by atoms with van der Waals surface area (Å²) < 4.78 is 6.91. The van der Waals surface area contributed by atoms with Crippen LogP contribution in [0.2, 0.25) is 0 Å². The van der Waals surface area contributed by atoms with Crippen molar-refractivity contribution in [2.24, 2.45) is 0 Å². The van der Waals surface area contributed by atoms with E-state index in [0.717, 1.165) is 5.56 Å². The van der Waals surface area contributed by atoms with E-state index >= 15 is 0 Å². The van der Waals surface area contributed by atoms with Gasteiger partial charge < -0.3 is 9.64 Å². The molecule has 0 aliphatic rings. The molecule has 1 heterocycles. The monoisotopic (exact) mass is 487 g/mol. The van der Waals surface area contributed by atoms with Gasteiger partial charge in [0.15, 0.2) is 5.16 Å². The molecule has 1 amide bonds. The van der Waals surface area contributed by atoms with Gasteiger partial charge in [0.05, 0.1) is 23.7 Å². The number of carbonyl (C=O) groups excluding carboxylic acids is 1. The Hall–Kier alpha value is -3.58. The lowest BCUT2D eigenvalue weighted by Gasteiger charge is -2.19. The Kier molecular flexibility index (Phi) is 7.56. The van der Waals surface area contributed by atoms with Crippen LogP contribution >= 0.6 is 11.8 Å². The lowest BCUT2D eigenvalue weighted by atomic mass is 10.1. The van der Waals surface area contributed by atoms with E-state index < -0.39 is 0 Å². The number of aryl methyl sites for hydroxylation is 1. The molecule has 0 N–H and O–H groups in total. The largest absolute Gasteiger partial charge is 0.497 e. The highest BCUT2D eigenvalue weighted by Gasteiger charge is 2.18. The number of rotatable bonds is 8. The molecule has 0 aliphatic heterocycles. The normalized spacial score (nSPS) is 11.0. The fraction of sp³-hybridized carbons (Fsp3) is 0.250. The molecule has 0 saturated heterocycles. The Labute approximate surface area is 209 Å². The van der Waals surface area contributed by atoms with E-state index in [1.54, 1.807) is 34.8 Å². The Morgan fingerprint density at radius 3 is 2.43 bits per heavy atom. The fourth-order valence-electron chi connectivity index (χ4n) is 4.00. The van der Waals surface area contributed by atoms with Gasteiger partial charge in [-0.15, -0.1) is 0 Å². The van der Waals surface area contributed by atoms with Gasteiger partial charge in [-0.25, -0.2) is 4.98 Å². The predicted octanol–water partition coefficient (Wildman–Crippen LogP) is 5.48. The second-order valence-corrected chi connectivity index (χ2v) is 9.16. The van der Waals surface area contributed by atoms with Crippen molar-refractivity contribution in [1.82, 2.24) is 14.5 Å². The zero-order valence-electron chi connectivity index (χ0n) is 20.4. The number of benzene rings is 3. The van der Waals surface area contributed by atoms with Crippen LogP contribution in [0, 0.1) is 6.92 Å². The highest BCUT2D eigenvalue weighted by Crippen LogP contribution is 2.26. The third kappa shape index (κ3) is 5.25. The first kappa shape index (κ1) is 24.5. The number of amides is 1. The van der Waals surface area contributed by atoms with Crippen molar-refractivity contribution in [3.05, 3.63) is 93.8 Å². The average Bonchev–Trinajstić information content (AvgIpc) is 2.88. The summed E-state index contributed by atoms with van der Waals surface area (Å²) in [5, 5.41) is 1.04. The molecule has 35 heavy (non-hydrogen) atoms. The van der Waals surface area contributed by atoms with E-state index in [1.165, 1.54) is 17.3 Å². The van der Waals surface area contributed by atoms with Gasteiger partial charge in [-0.1, -0.05) is 41.6 Å². The molecule has 6 nitrogen and oxygen atoms in total. The third-order valence-corrected chi connectivity index (χ3v) is 6.93. The topological polar surface area (TPSA) is 64.4 Å². The maximum absolute atomic E-state index is 13.7. The minimum absolute atomic E-state index is 0.0630. The average molecular weight is 488 g/mol. The lowest BCUT2D eigenvalue weighted by molar-refractivity contribution is 0.0773. The Morgan fingerprint density at radius 1 is 1.03 bits per heavy atom. The van der Waals surface area contributed by atoms with E-state index in [-0.39, 0.29) is 11.5 Å². The third-order valence-electron chi connectivity index (χ3n) is 5.92. The number of hydrogen-bond acceptors (Lipinski definition) is 5. The number of aromatic nitrogens is 2. The quantitative estimate of drug-likeness (QED) is 0.243. The predicted molar refractivity (Wildman–Crippen MR) is 142 cm³/mol. The lowest BCUT2D eigenvalue weighted by Crippen LogP contribution is -2.30. The Balaban J connectivity index is 1.83. The van der Waals surface area contributed by atoms with Crippen molar-refractivity contribution >= 4 is 28.6 Å². The molecule has 4 rings (SSSR count). The van der Waals surface area contributed by atoms with Gasteiger partial charge in [0, 0.05) is 24.4 Å². The molecule has 3 aromatic carbocycles. The van der Waals surface area contributed by atoms with Gasteiger partial charge in [-0.3, -0.25) is 14.2 Å². The number of nitrogens with zero attached hydrogens (tertiary/aromatic N) is 3. The first-order chi connectivity index (χ1) is 16.9. The molecule has 4 aromatic rings. The molecule has 0 spiro atoms. The van der Waals surface area contributed by atoms with Crippen LogP contribution in [-0.2, 0) is 5.75 Å². The van der Waals surface area contributed by atoms with Crippen molar-refractivity contribution in [3.8, 4) is 11.4 Å². The number of fused-ring (bicyclic) bond motifs is 1. The van der Waals surface area contributed by atoms with Crippen LogP contribution in [0.1, 0.15) is 35.3 Å². The van der Waals surface area contributed by atoms with Crippen molar-refractivity contribution in [2.45, 2.75) is 31.7 Å². The molecule has 180 valence electrons. The minimum atomic E-state index is -0.172. The first-order valence-electron chi connectivity index (χ1n) is 11.6. The number of methoxy groups -OCH3 is 1. The van der Waals surface area contributed by atoms with Gasteiger partial charge in [-0.2, -0.15) is 0 Å². The van der Waals surface area contributed by atoms with Gasteiger partial charge in [0.25, 0.3) is 11.5 Å². The second kappa shape index (κ2) is 10.8. The van der Waals surface area contributed by atoms with Crippen molar-refractivity contribution in [1.29, 1.82) is 0 Å². The molecule has 7 heteroatoms. The molecule has 0 fully saturated rings. The molecular weight excluding hydrogens is 458 g/mol. The Bertz CT molecular complexity index is 1410. The summed E-state index contributed by atoms with van der Waals surface area (Å²) in [7, 11) is 1.61. The van der Waals surface area contributed by atoms with Gasteiger partial charge in [0.2, 0.25) is 0 Å². The van der Waals surface area contributed by atoms with Gasteiger partial charge in [-0.05, 0) is 68.8 Å². The van der Waals surface area contributed by atoms with E-state index in [9.17, 15) is 9.59 Å². The molecule has 0 saturated carbocycles. The van der Waals surface area contributed by atoms with Crippen molar-refractivity contribution in [2.75, 3.05) is 20.2 Å². The number of ether oxygens (including phenoxy) is 1. The van der Waals surface area contributed by atoms with Crippen LogP contribution in [0.25, 0.3) is 16.6 Å². The minimum Gasteiger partial charge on any atom is -0.497 e. The van der Waals surface area contributed by atoms with Crippen LogP contribution in [0.15, 0.2) is 76.7 Å². The zero-order valence-corrected chi connectivity index (χ0v) is 21.3. The van der Waals surface area contributed by atoms with Crippen LogP contribution in [0.5, 0.6) is 5.75 Å². The highest BCUT2D eigenvalue weighted by atomic mass is 32.2. The summed E-state index contributed by atoms with van der Waals surface area (Å²) in [6, 6.07) is 20.8. The van der Waals surface area contributed by atoms with E-state index in [1.807, 2.05) is 44.2 Å². The molecule has 1 aromatic heterocycles. The van der Waals surface area contributed by atoms with Crippen LogP contribution in [0.3, 0.4) is 0 Å². The summed E-state index contributed by atoms with van der Waals surface area (Å²) in [6.07, 6.45) is 0. The number of hydrogen-bond donors (Lipinski definition) is 0. The maximum Gasteiger partial charge on any atom is 0.266 e. The van der Waals surface area contributed by atoms with E-state index in [2.05, 4.69) is 25.1 Å². The highest BCUT2D eigenvalue weighted by molar-refractivity contribution is 7.98. The molecule has 0 radical (unpaired) electrons. The first-order valence-corrected chi connectivity index (χ1v) is 12.6. The summed E-state index contributed by atoms with van der Waals surface area (Å²) >= 11 is 1.50. The van der Waals surface area contributed by atoms with Crippen molar-refractivity contribution < 1.29 is 9.53 Å². The fourth-order valence-corrected chi connectivity index (χ4v) is 4.95. The van der Waals surface area contributed by atoms with E-state index in [0.29, 0.717) is 51.9 Å². The summed E-state index contributed by atoms with van der Waals surface area (Å²) in [6.45, 7) is 7.21. The van der Waals surface area contributed by atoms with Crippen LogP contribution in [0.4, 0.5) is 0 Å². The smallest absolute Gasteiger partial charge is 0.266 e. The zero-order chi connectivity index (χ0) is 24.9. The van der Waals surface area contributed by atoms with Crippen LogP contribution in [-0.4, -0.2) is 40.6 Å². The van der Waals surface area contributed by atoms with E-state index in [4.69, 9.17) is 9.72 Å². The summed E-state index contributed by atoms with van der Waals surface area (Å²) in [4.78, 5) is 33.2. The van der Waals surface area contributed by atoms with Crippen molar-refractivity contribution in [3.63, 3.8) is 0 Å². The standard InChI is InChI=1S/C28H29N3O3S/c1-5-30(6-2)26(32)21-10-15-24-25(17-21)29-28(35-18-20-9-7-8-19(3)16-20)31(27(24)33)22-11-13-23(34-4)14-12-22/h7-17H,5-6,18H2,1-4H3. The summed E-state index contributed by atoms with van der Waals surface area (Å²) in [5.74, 6) is 1.31. The van der Waals surface area contributed by atoms with Crippen LogP contribution < -0.4 is 10.3 Å². The number of thioether (sulfide) groups is 1. The maximum atomic E-state index is 13.7. The molecule has 0 aliphatic carbocycles. The van der Waals surface area contributed by atoms with Gasteiger partial charge in [0.1, 0.15) is 5.75 Å². The van der Waals surface area contributed by atoms with Gasteiger partial charge >= 0.3 is 0 Å². The second-order valence-electron chi connectivity index (χ2n) is 8.22. The molecular formula is C28H29N3O3S. The summed E-state index contributed by atoms with van der Waals surface area (Å²) in [5.41, 5.74) is 3.92. The molecule has 0 atom stereocenters.